The van der Waals surface area contributed by atoms with Crippen molar-refractivity contribution < 1.29 is 17.9 Å². The summed E-state index contributed by atoms with van der Waals surface area (Å²) in [5.74, 6) is -0.0463. The highest BCUT2D eigenvalue weighted by molar-refractivity contribution is 7.92. The van der Waals surface area contributed by atoms with Crippen LogP contribution in [-0.2, 0) is 14.8 Å². The lowest BCUT2D eigenvalue weighted by molar-refractivity contribution is -0.119. The third kappa shape index (κ3) is 5.66. The minimum Gasteiger partial charge on any atom is -0.497 e. The van der Waals surface area contributed by atoms with Gasteiger partial charge in [0.1, 0.15) is 12.3 Å². The number of anilines is 1. The molecule has 0 spiro atoms. The molecular formula is C23H22ClN3O4S. The Balaban J connectivity index is 1.85. The number of hydrogen-bond acceptors (Lipinski definition) is 5. The van der Waals surface area contributed by atoms with E-state index in [4.69, 9.17) is 16.3 Å². The van der Waals surface area contributed by atoms with Gasteiger partial charge < -0.3 is 4.74 Å². The van der Waals surface area contributed by atoms with Gasteiger partial charge >= 0.3 is 0 Å². The van der Waals surface area contributed by atoms with Crippen LogP contribution in [0.5, 0.6) is 5.75 Å². The zero-order chi connectivity index (χ0) is 23.1. The van der Waals surface area contributed by atoms with Crippen molar-refractivity contribution in [1.29, 1.82) is 0 Å². The van der Waals surface area contributed by atoms with Crippen molar-refractivity contribution in [3.8, 4) is 5.75 Å². The first-order valence-corrected chi connectivity index (χ1v) is 11.4. The second-order valence-electron chi connectivity index (χ2n) is 6.84. The number of sulfonamides is 1. The van der Waals surface area contributed by atoms with E-state index in [0.717, 1.165) is 9.87 Å². The number of halogens is 1. The smallest absolute Gasteiger partial charge is 0.264 e. The molecule has 1 amide bonds. The maximum Gasteiger partial charge on any atom is 0.264 e. The minimum absolute atomic E-state index is 0.0753. The maximum absolute atomic E-state index is 13.3. The van der Waals surface area contributed by atoms with Crippen LogP contribution in [0.4, 0.5) is 5.69 Å². The van der Waals surface area contributed by atoms with E-state index < -0.39 is 22.5 Å². The fraction of sp³-hybridized carbons (Fsp3) is 0.130. The van der Waals surface area contributed by atoms with Gasteiger partial charge in [0.15, 0.2) is 0 Å². The predicted octanol–water partition coefficient (Wildman–Crippen LogP) is 4.00. The minimum atomic E-state index is -4.01. The van der Waals surface area contributed by atoms with Crippen LogP contribution >= 0.6 is 11.6 Å². The summed E-state index contributed by atoms with van der Waals surface area (Å²) in [4.78, 5) is 12.6. The normalized spacial score (nSPS) is 11.3. The first kappa shape index (κ1) is 23.3. The Morgan fingerprint density at radius 1 is 1.06 bits per heavy atom. The highest BCUT2D eigenvalue weighted by Gasteiger charge is 2.27. The zero-order valence-corrected chi connectivity index (χ0v) is 19.1. The molecule has 3 aromatic carbocycles. The molecule has 0 fully saturated rings. The summed E-state index contributed by atoms with van der Waals surface area (Å²) in [5, 5.41) is 4.37. The molecule has 0 unspecified atom stereocenters. The average molecular weight is 472 g/mol. The van der Waals surface area contributed by atoms with Crippen molar-refractivity contribution in [3.63, 3.8) is 0 Å². The molecule has 0 radical (unpaired) electrons. The summed E-state index contributed by atoms with van der Waals surface area (Å²) in [5.41, 5.74) is 4.21. The maximum atomic E-state index is 13.3. The molecule has 0 aliphatic carbocycles. The molecule has 0 bridgehead atoms. The summed E-state index contributed by atoms with van der Waals surface area (Å²) in [7, 11) is -2.50. The lowest BCUT2D eigenvalue weighted by Crippen LogP contribution is -2.39. The number of aryl methyl sites for hydroxylation is 1. The van der Waals surface area contributed by atoms with Gasteiger partial charge in [-0.05, 0) is 49.4 Å². The Bertz CT molecular complexity index is 1210. The molecule has 3 rings (SSSR count). The van der Waals surface area contributed by atoms with Crippen LogP contribution in [0.2, 0.25) is 5.02 Å². The van der Waals surface area contributed by atoms with Crippen molar-refractivity contribution in [1.82, 2.24) is 5.43 Å². The summed E-state index contributed by atoms with van der Waals surface area (Å²) < 4.78 is 32.8. The van der Waals surface area contributed by atoms with E-state index in [-0.39, 0.29) is 4.90 Å². The van der Waals surface area contributed by atoms with Crippen LogP contribution < -0.4 is 14.5 Å². The number of hydrazone groups is 1. The Morgan fingerprint density at radius 2 is 1.72 bits per heavy atom. The molecule has 0 saturated carbocycles. The lowest BCUT2D eigenvalue weighted by atomic mass is 10.2. The SMILES string of the molecule is COc1ccc(N(CC(=O)N/N=C/c2ccccc2Cl)S(=O)(=O)c2ccc(C)cc2)cc1. The molecule has 1 N–H and O–H groups in total. The molecule has 7 nitrogen and oxygen atoms in total. The number of carbonyl (C=O) groups excluding carboxylic acids is 1. The number of nitrogens with zero attached hydrogens (tertiary/aromatic N) is 2. The van der Waals surface area contributed by atoms with Gasteiger partial charge in [-0.2, -0.15) is 5.10 Å². The van der Waals surface area contributed by atoms with Gasteiger partial charge in [0.05, 0.1) is 23.9 Å². The standard InChI is InChI=1S/C23H22ClN3O4S/c1-17-7-13-21(14-8-17)32(29,30)27(19-9-11-20(31-2)12-10-19)16-23(28)26-25-15-18-5-3-4-6-22(18)24/h3-15H,16H2,1-2H3,(H,26,28)/b25-15+. The highest BCUT2D eigenvalue weighted by Crippen LogP contribution is 2.26. The van der Waals surface area contributed by atoms with Gasteiger partial charge in [-0.3, -0.25) is 9.10 Å². The first-order chi connectivity index (χ1) is 15.3. The number of hydrogen-bond donors (Lipinski definition) is 1. The van der Waals surface area contributed by atoms with Gasteiger partial charge in [0.2, 0.25) is 0 Å². The van der Waals surface area contributed by atoms with Gasteiger partial charge in [-0.1, -0.05) is 47.5 Å². The first-order valence-electron chi connectivity index (χ1n) is 9.61. The van der Waals surface area contributed by atoms with E-state index in [1.54, 1.807) is 60.7 Å². The van der Waals surface area contributed by atoms with E-state index in [1.807, 2.05) is 6.92 Å². The quantitative estimate of drug-likeness (QED) is 0.397. The van der Waals surface area contributed by atoms with Crippen molar-refractivity contribution in [3.05, 3.63) is 88.9 Å². The molecule has 0 atom stereocenters. The van der Waals surface area contributed by atoms with Crippen molar-refractivity contribution in [2.45, 2.75) is 11.8 Å². The number of carbonyl (C=O) groups is 1. The molecule has 0 saturated heterocycles. The topological polar surface area (TPSA) is 88.1 Å². The monoisotopic (exact) mass is 471 g/mol. The molecule has 0 heterocycles. The number of methoxy groups -OCH3 is 1. The fourth-order valence-corrected chi connectivity index (χ4v) is 4.43. The van der Waals surface area contributed by atoms with Gasteiger partial charge in [0.25, 0.3) is 15.9 Å². The number of benzene rings is 3. The largest absolute Gasteiger partial charge is 0.497 e. The molecule has 0 aliphatic rings. The number of ether oxygens (including phenoxy) is 1. The fourth-order valence-electron chi connectivity index (χ4n) is 2.82. The van der Waals surface area contributed by atoms with Crippen LogP contribution in [0.3, 0.4) is 0 Å². The Kier molecular flexibility index (Phi) is 7.50. The van der Waals surface area contributed by atoms with Gasteiger partial charge in [-0.15, -0.1) is 0 Å². The Hall–Kier alpha value is -3.36. The Morgan fingerprint density at radius 3 is 2.34 bits per heavy atom. The van der Waals surface area contributed by atoms with Gasteiger partial charge in [-0.25, -0.2) is 13.8 Å². The average Bonchev–Trinajstić information content (AvgIpc) is 2.79. The molecule has 0 aromatic heterocycles. The second kappa shape index (κ2) is 10.3. The van der Waals surface area contributed by atoms with E-state index >= 15 is 0 Å². The second-order valence-corrected chi connectivity index (χ2v) is 9.11. The third-order valence-electron chi connectivity index (χ3n) is 4.55. The van der Waals surface area contributed by atoms with Crippen LogP contribution in [0.1, 0.15) is 11.1 Å². The summed E-state index contributed by atoms with van der Waals surface area (Å²) in [6, 6.07) is 19.8. The van der Waals surface area contributed by atoms with E-state index in [9.17, 15) is 13.2 Å². The molecule has 32 heavy (non-hydrogen) atoms. The zero-order valence-electron chi connectivity index (χ0n) is 17.5. The summed E-state index contributed by atoms with van der Waals surface area (Å²) in [6.45, 7) is 1.39. The van der Waals surface area contributed by atoms with E-state index in [1.165, 1.54) is 25.5 Å². The molecule has 166 valence electrons. The number of amides is 1. The van der Waals surface area contributed by atoms with Crippen LogP contribution in [0, 0.1) is 6.92 Å². The third-order valence-corrected chi connectivity index (χ3v) is 6.69. The molecule has 9 heteroatoms. The molecular weight excluding hydrogens is 450 g/mol. The van der Waals surface area contributed by atoms with E-state index in [0.29, 0.717) is 22.0 Å². The van der Waals surface area contributed by atoms with Crippen LogP contribution in [-0.4, -0.2) is 34.2 Å². The highest BCUT2D eigenvalue weighted by atomic mass is 35.5. The summed E-state index contributed by atoms with van der Waals surface area (Å²) in [6.07, 6.45) is 1.40. The van der Waals surface area contributed by atoms with Gasteiger partial charge in [0, 0.05) is 10.6 Å². The molecule has 3 aromatic rings. The van der Waals surface area contributed by atoms with Crippen LogP contribution in [0.15, 0.2) is 82.8 Å². The van der Waals surface area contributed by atoms with Crippen molar-refractivity contribution >= 4 is 39.4 Å². The molecule has 0 aliphatic heterocycles. The lowest BCUT2D eigenvalue weighted by Gasteiger charge is -2.24. The Labute approximate surface area is 192 Å². The predicted molar refractivity (Wildman–Crippen MR) is 126 cm³/mol. The van der Waals surface area contributed by atoms with Crippen molar-refractivity contribution in [2.75, 3.05) is 18.0 Å². The number of rotatable bonds is 8. The number of nitrogens with one attached hydrogen (secondary N) is 1. The summed E-state index contributed by atoms with van der Waals surface area (Å²) >= 11 is 6.07. The van der Waals surface area contributed by atoms with Crippen LogP contribution in [0.25, 0.3) is 0 Å². The van der Waals surface area contributed by atoms with E-state index in [2.05, 4.69) is 10.5 Å². The van der Waals surface area contributed by atoms with Crippen molar-refractivity contribution in [2.24, 2.45) is 5.10 Å².